The molecular weight excluding hydrogens is 468 g/mol. The Morgan fingerprint density at radius 1 is 0.694 bits per heavy atom. The van der Waals surface area contributed by atoms with Gasteiger partial charge in [0.1, 0.15) is 0 Å². The Morgan fingerprint density at radius 2 is 1.06 bits per heavy atom. The number of hydrogen-bond acceptors (Lipinski definition) is 8. The molecule has 10 nitrogen and oxygen atoms in total. The Bertz CT molecular complexity index is 1190. The molecule has 4 N–H and O–H groups in total. The van der Waals surface area contributed by atoms with Crippen LogP contribution in [0.1, 0.15) is 22.3 Å². The molecule has 0 saturated carbocycles. The zero-order valence-corrected chi connectivity index (χ0v) is 19.4. The highest BCUT2D eigenvalue weighted by atomic mass is 16.8. The normalized spacial score (nSPS) is 13.6. The lowest BCUT2D eigenvalue weighted by molar-refractivity contribution is -0.996. The van der Waals surface area contributed by atoms with Gasteiger partial charge in [-0.05, 0) is 29.3 Å². The predicted molar refractivity (Wildman–Crippen MR) is 131 cm³/mol. The van der Waals surface area contributed by atoms with Crippen LogP contribution in [0.25, 0.3) is 23.3 Å². The SMILES string of the molecule is COC(=O)C(=Cc1cc(C=C(C(=O)OC)c2ccccc2)c([NH+]([O-])O)cc1[NH+]([O-])O)c1ccccc1. The second kappa shape index (κ2) is 12.0. The van der Waals surface area contributed by atoms with Gasteiger partial charge in [0.05, 0.1) is 31.4 Å². The van der Waals surface area contributed by atoms with E-state index in [1.54, 1.807) is 60.7 Å². The van der Waals surface area contributed by atoms with Gasteiger partial charge in [0, 0.05) is 11.1 Å². The lowest BCUT2D eigenvalue weighted by atomic mass is 9.97. The van der Waals surface area contributed by atoms with E-state index in [4.69, 9.17) is 9.47 Å². The zero-order valence-electron chi connectivity index (χ0n) is 19.4. The van der Waals surface area contributed by atoms with Gasteiger partial charge in [-0.3, -0.25) is 0 Å². The van der Waals surface area contributed by atoms with E-state index in [0.717, 1.165) is 6.07 Å². The van der Waals surface area contributed by atoms with Crippen molar-refractivity contribution in [2.45, 2.75) is 0 Å². The summed E-state index contributed by atoms with van der Waals surface area (Å²) in [6.07, 6.45) is 2.63. The Hall–Kier alpha value is -4.16. The highest BCUT2D eigenvalue weighted by Gasteiger charge is 2.22. The Balaban J connectivity index is 2.32. The summed E-state index contributed by atoms with van der Waals surface area (Å²) in [5.74, 6) is -1.42. The maximum absolute atomic E-state index is 12.5. The highest BCUT2D eigenvalue weighted by Crippen LogP contribution is 2.29. The zero-order chi connectivity index (χ0) is 26.2. The summed E-state index contributed by atoms with van der Waals surface area (Å²) in [6, 6.07) is 19.2. The van der Waals surface area contributed by atoms with Crippen LogP contribution in [-0.4, -0.2) is 36.6 Å². The fourth-order valence-electron chi connectivity index (χ4n) is 3.53. The van der Waals surface area contributed by atoms with Gasteiger partial charge in [0.15, 0.2) is 11.4 Å². The smallest absolute Gasteiger partial charge is 0.338 e. The first kappa shape index (κ1) is 26.4. The van der Waals surface area contributed by atoms with Gasteiger partial charge in [-0.25, -0.2) is 20.0 Å². The van der Waals surface area contributed by atoms with Crippen LogP contribution in [0.4, 0.5) is 11.4 Å². The van der Waals surface area contributed by atoms with Gasteiger partial charge >= 0.3 is 11.9 Å². The molecule has 3 rings (SSSR count). The van der Waals surface area contributed by atoms with Crippen molar-refractivity contribution >= 4 is 46.6 Å². The minimum atomic E-state index is -1.40. The van der Waals surface area contributed by atoms with Crippen molar-refractivity contribution in [3.8, 4) is 0 Å². The Kier molecular flexibility index (Phi) is 8.81. The van der Waals surface area contributed by atoms with Crippen molar-refractivity contribution in [1.82, 2.24) is 0 Å². The lowest BCUT2D eigenvalue weighted by Crippen LogP contribution is -3.01. The maximum atomic E-state index is 12.5. The van der Waals surface area contributed by atoms with Crippen LogP contribution in [0.3, 0.4) is 0 Å². The standard InChI is InChI=1S/C26H24N2O8/c1-35-25(29)21(17-9-5-3-6-10-17)14-19-13-20(24(28(33)34)16-23(19)27(31)32)15-22(26(30)36-2)18-11-7-4-8-12-18/h3-16,27-28,31,33H,1-2H3. The van der Waals surface area contributed by atoms with Gasteiger partial charge in [0.2, 0.25) is 0 Å². The van der Waals surface area contributed by atoms with E-state index in [2.05, 4.69) is 0 Å². The molecule has 186 valence electrons. The Morgan fingerprint density at radius 3 is 1.36 bits per heavy atom. The molecule has 10 heteroatoms. The molecule has 0 saturated heterocycles. The van der Waals surface area contributed by atoms with Crippen molar-refractivity contribution in [2.24, 2.45) is 0 Å². The number of carbonyl (C=O) groups is 2. The number of methoxy groups -OCH3 is 2. The first-order valence-corrected chi connectivity index (χ1v) is 10.6. The molecule has 0 aromatic heterocycles. The van der Waals surface area contributed by atoms with Crippen LogP contribution < -0.4 is 10.5 Å². The van der Waals surface area contributed by atoms with Crippen molar-refractivity contribution in [1.29, 1.82) is 0 Å². The summed E-state index contributed by atoms with van der Waals surface area (Å²) < 4.78 is 9.76. The molecule has 0 aliphatic carbocycles. The number of quaternary nitrogens is 2. The molecule has 0 aliphatic rings. The third kappa shape index (κ3) is 6.09. The minimum absolute atomic E-state index is 0.0419. The van der Waals surface area contributed by atoms with E-state index in [1.165, 1.54) is 32.4 Å². The molecule has 0 heterocycles. The van der Waals surface area contributed by atoms with E-state index in [-0.39, 0.29) is 33.6 Å². The molecule has 0 aliphatic heterocycles. The average molecular weight is 492 g/mol. The third-order valence-corrected chi connectivity index (χ3v) is 5.26. The lowest BCUT2D eigenvalue weighted by Gasteiger charge is -2.20. The van der Waals surface area contributed by atoms with Gasteiger partial charge in [-0.1, -0.05) is 60.7 Å². The fraction of sp³-hybridized carbons (Fsp3) is 0.0769. The van der Waals surface area contributed by atoms with Crippen LogP contribution in [0.15, 0.2) is 72.8 Å². The van der Waals surface area contributed by atoms with Crippen LogP contribution in [0.5, 0.6) is 0 Å². The molecule has 36 heavy (non-hydrogen) atoms. The van der Waals surface area contributed by atoms with Crippen LogP contribution in [0.2, 0.25) is 0 Å². The van der Waals surface area contributed by atoms with Gasteiger partial charge in [-0.15, -0.1) is 0 Å². The number of carbonyl (C=O) groups excluding carboxylic acids is 2. The first-order valence-electron chi connectivity index (χ1n) is 10.6. The average Bonchev–Trinajstić information content (AvgIpc) is 2.90. The molecule has 2 unspecified atom stereocenters. The summed E-state index contributed by atoms with van der Waals surface area (Å²) in [6.45, 7) is 0. The maximum Gasteiger partial charge on any atom is 0.338 e. The molecule has 0 amide bonds. The van der Waals surface area contributed by atoms with Crippen molar-refractivity contribution < 1.29 is 39.9 Å². The summed E-state index contributed by atoms with van der Waals surface area (Å²) >= 11 is 0. The predicted octanol–water partition coefficient (Wildman–Crippen LogP) is 1.92. The second-order valence-electron chi connectivity index (χ2n) is 7.47. The molecule has 0 fully saturated rings. The number of rotatable bonds is 8. The van der Waals surface area contributed by atoms with E-state index in [1.807, 2.05) is 0 Å². The molecule has 0 bridgehead atoms. The molecule has 0 radical (unpaired) electrons. The van der Waals surface area contributed by atoms with Gasteiger partial charge in [0.25, 0.3) is 0 Å². The van der Waals surface area contributed by atoms with Crippen LogP contribution in [0, 0.1) is 10.4 Å². The number of nitrogens with one attached hydrogen (secondary N) is 2. The topological polar surface area (TPSA) is 148 Å². The largest absolute Gasteiger partial charge is 0.595 e. The first-order chi connectivity index (χ1) is 17.3. The van der Waals surface area contributed by atoms with Crippen molar-refractivity contribution in [3.05, 3.63) is 105 Å². The quantitative estimate of drug-likeness (QED) is 0.161. The van der Waals surface area contributed by atoms with E-state index >= 15 is 0 Å². The summed E-state index contributed by atoms with van der Waals surface area (Å²) in [4.78, 5) is 25.1. The molecule has 2 atom stereocenters. The fourth-order valence-corrected chi connectivity index (χ4v) is 3.53. The van der Waals surface area contributed by atoms with Gasteiger partial charge in [-0.2, -0.15) is 10.5 Å². The van der Waals surface area contributed by atoms with E-state index in [9.17, 15) is 30.4 Å². The monoisotopic (exact) mass is 492 g/mol. The summed E-state index contributed by atoms with van der Waals surface area (Å²) in [7, 11) is 2.39. The molecule has 3 aromatic carbocycles. The molecule has 3 aromatic rings. The number of benzene rings is 3. The second-order valence-corrected chi connectivity index (χ2v) is 7.47. The molecular formula is C26H24N2O8. The van der Waals surface area contributed by atoms with E-state index in [0.29, 0.717) is 11.1 Å². The van der Waals surface area contributed by atoms with Crippen LogP contribution >= 0.6 is 0 Å². The number of ether oxygens (including phenoxy) is 2. The van der Waals surface area contributed by atoms with Gasteiger partial charge < -0.3 is 19.9 Å². The van der Waals surface area contributed by atoms with Crippen molar-refractivity contribution in [2.75, 3.05) is 14.2 Å². The minimum Gasteiger partial charge on any atom is -0.595 e. The van der Waals surface area contributed by atoms with E-state index < -0.39 is 22.4 Å². The third-order valence-electron chi connectivity index (χ3n) is 5.26. The number of esters is 2. The summed E-state index contributed by atoms with van der Waals surface area (Å²) in [5.41, 5.74) is 0.465. The highest BCUT2D eigenvalue weighted by molar-refractivity contribution is 6.23. The number of hydrogen-bond donors (Lipinski definition) is 4. The summed E-state index contributed by atoms with van der Waals surface area (Å²) in [5, 5.41) is 40.9. The molecule has 0 spiro atoms. The Labute approximate surface area is 206 Å². The van der Waals surface area contributed by atoms with Crippen molar-refractivity contribution in [3.63, 3.8) is 0 Å². The van der Waals surface area contributed by atoms with Crippen LogP contribution in [-0.2, 0) is 19.1 Å².